The first-order chi connectivity index (χ1) is 8.72. The summed E-state index contributed by atoms with van der Waals surface area (Å²) in [6.07, 6.45) is 4.11. The molecule has 1 N–H and O–H groups in total. The molecule has 2 heterocycles. The van der Waals surface area contributed by atoms with E-state index in [9.17, 15) is 10.1 Å². The van der Waals surface area contributed by atoms with Gasteiger partial charge in [0.05, 0.1) is 11.1 Å². The third-order valence-corrected chi connectivity index (χ3v) is 2.78. The molecule has 0 radical (unpaired) electrons. The molecule has 0 aliphatic heterocycles. The van der Waals surface area contributed by atoms with Crippen molar-refractivity contribution in [1.82, 2.24) is 15.0 Å². The van der Waals surface area contributed by atoms with Gasteiger partial charge in [0.2, 0.25) is 5.82 Å². The third kappa shape index (κ3) is 2.56. The Kier molecular flexibility index (Phi) is 3.72. The summed E-state index contributed by atoms with van der Waals surface area (Å²) in [4.78, 5) is 22.2. The molecule has 2 rings (SSSR count). The zero-order chi connectivity index (χ0) is 13.0. The highest BCUT2D eigenvalue weighted by atomic mass is 32.2. The number of hydrogen-bond acceptors (Lipinski definition) is 8. The van der Waals surface area contributed by atoms with E-state index in [1.54, 1.807) is 0 Å². The number of hydrogen-bond donors (Lipinski definition) is 1. The zero-order valence-corrected chi connectivity index (χ0v) is 10.2. The molecule has 2 aromatic heterocycles. The van der Waals surface area contributed by atoms with Gasteiger partial charge in [-0.3, -0.25) is 10.1 Å². The zero-order valence-electron chi connectivity index (χ0n) is 9.36. The monoisotopic (exact) mass is 267 g/mol. The molecule has 0 aromatic carbocycles. The van der Waals surface area contributed by atoms with Gasteiger partial charge in [-0.1, -0.05) is 0 Å². The second kappa shape index (κ2) is 5.45. The van der Waals surface area contributed by atoms with Crippen LogP contribution in [0, 0.1) is 10.1 Å². The fraction of sp³-hybridized carbons (Fsp3) is 0.222. The van der Waals surface area contributed by atoms with Crippen LogP contribution in [0.15, 0.2) is 33.5 Å². The van der Waals surface area contributed by atoms with Crippen LogP contribution in [0.4, 0.5) is 11.5 Å². The Morgan fingerprint density at radius 1 is 1.50 bits per heavy atom. The van der Waals surface area contributed by atoms with Crippen molar-refractivity contribution in [3.63, 3.8) is 0 Å². The Labute approximate surface area is 106 Å². The third-order valence-electron chi connectivity index (χ3n) is 1.91. The molecule has 2 aromatic rings. The van der Waals surface area contributed by atoms with Crippen molar-refractivity contribution in [3.8, 4) is 0 Å². The maximum atomic E-state index is 11.1. The molecule has 0 amide bonds. The predicted molar refractivity (Wildman–Crippen MR) is 63.5 cm³/mol. The highest BCUT2D eigenvalue weighted by molar-refractivity contribution is 7.99. The smallest absolute Gasteiger partial charge is 0.343 e. The average Bonchev–Trinajstić information content (AvgIpc) is 2.82. The molecule has 8 nitrogen and oxygen atoms in total. The largest absolute Gasteiger partial charge is 0.440 e. The number of rotatable bonds is 5. The fourth-order valence-electron chi connectivity index (χ4n) is 1.24. The molecular weight excluding hydrogens is 258 g/mol. The number of nitrogens with zero attached hydrogens (tertiary/aromatic N) is 4. The summed E-state index contributed by atoms with van der Waals surface area (Å²) in [5.41, 5.74) is -0.178. The van der Waals surface area contributed by atoms with Crippen molar-refractivity contribution >= 4 is 23.3 Å². The molecule has 9 heteroatoms. The topological polar surface area (TPSA) is 107 Å². The number of oxazole rings is 1. The van der Waals surface area contributed by atoms with Crippen molar-refractivity contribution in [2.24, 2.45) is 0 Å². The highest BCUT2D eigenvalue weighted by Gasteiger charge is 2.24. The van der Waals surface area contributed by atoms with Crippen LogP contribution in [0.5, 0.6) is 0 Å². The molecule has 0 aliphatic rings. The van der Waals surface area contributed by atoms with Crippen molar-refractivity contribution in [1.29, 1.82) is 0 Å². The Morgan fingerprint density at radius 2 is 2.33 bits per heavy atom. The summed E-state index contributed by atoms with van der Waals surface area (Å²) in [6, 6.07) is 0. The molecule has 0 spiro atoms. The van der Waals surface area contributed by atoms with Crippen molar-refractivity contribution in [3.05, 3.63) is 28.9 Å². The van der Waals surface area contributed by atoms with Crippen LogP contribution >= 0.6 is 11.8 Å². The summed E-state index contributed by atoms with van der Waals surface area (Å²) in [6.45, 7) is 2.35. The fourth-order valence-corrected chi connectivity index (χ4v) is 1.99. The van der Waals surface area contributed by atoms with E-state index in [4.69, 9.17) is 4.42 Å². The van der Waals surface area contributed by atoms with Gasteiger partial charge in [0, 0.05) is 6.54 Å². The molecule has 94 valence electrons. The average molecular weight is 267 g/mol. The van der Waals surface area contributed by atoms with E-state index in [1.807, 2.05) is 6.92 Å². The lowest BCUT2D eigenvalue weighted by atomic mass is 10.5. The van der Waals surface area contributed by atoms with E-state index in [0.29, 0.717) is 11.8 Å². The van der Waals surface area contributed by atoms with Crippen LogP contribution in [0.25, 0.3) is 0 Å². The van der Waals surface area contributed by atoms with Crippen LogP contribution < -0.4 is 5.32 Å². The van der Waals surface area contributed by atoms with Gasteiger partial charge in [0.15, 0.2) is 5.03 Å². The van der Waals surface area contributed by atoms with E-state index in [1.165, 1.54) is 18.8 Å². The number of nitrogens with one attached hydrogen (secondary N) is 1. The molecule has 0 saturated heterocycles. The van der Waals surface area contributed by atoms with E-state index in [0.717, 1.165) is 11.8 Å². The molecular formula is C9H9N5O3S. The predicted octanol–water partition coefficient (Wildman–Crippen LogP) is 1.96. The lowest BCUT2D eigenvalue weighted by Gasteiger charge is -2.04. The Morgan fingerprint density at radius 3 is 2.94 bits per heavy atom. The van der Waals surface area contributed by atoms with Crippen LogP contribution in [0.1, 0.15) is 6.92 Å². The van der Waals surface area contributed by atoms with Gasteiger partial charge in [-0.15, -0.1) is 0 Å². The lowest BCUT2D eigenvalue weighted by Crippen LogP contribution is -2.05. The molecule has 0 unspecified atom stereocenters. The van der Waals surface area contributed by atoms with Crippen LogP contribution in [-0.2, 0) is 0 Å². The molecule has 0 bridgehead atoms. The maximum Gasteiger partial charge on any atom is 0.343 e. The van der Waals surface area contributed by atoms with Crippen LogP contribution in [-0.4, -0.2) is 26.4 Å². The minimum absolute atomic E-state index is 0.178. The summed E-state index contributed by atoms with van der Waals surface area (Å²) in [5, 5.41) is 14.4. The van der Waals surface area contributed by atoms with Gasteiger partial charge < -0.3 is 9.73 Å². The van der Waals surface area contributed by atoms with Gasteiger partial charge in [0.1, 0.15) is 12.6 Å². The number of aromatic nitrogens is 3. The maximum absolute atomic E-state index is 11.1. The summed E-state index contributed by atoms with van der Waals surface area (Å²) < 4.78 is 5.02. The molecule has 0 atom stereocenters. The second-order valence-corrected chi connectivity index (χ2v) is 4.00. The number of anilines is 1. The van der Waals surface area contributed by atoms with Gasteiger partial charge in [0.25, 0.3) is 5.22 Å². The first kappa shape index (κ1) is 12.3. The Bertz CT molecular complexity index is 545. The highest BCUT2D eigenvalue weighted by Crippen LogP contribution is 2.35. The first-order valence-corrected chi connectivity index (χ1v) is 5.84. The quantitative estimate of drug-likeness (QED) is 0.497. The SMILES string of the molecule is CCNc1ncnc(Sc2ncco2)c1[N+](=O)[O-]. The van der Waals surface area contributed by atoms with E-state index >= 15 is 0 Å². The van der Waals surface area contributed by atoms with Crippen LogP contribution in [0.3, 0.4) is 0 Å². The van der Waals surface area contributed by atoms with E-state index in [2.05, 4.69) is 20.3 Å². The number of nitro groups is 1. The Hall–Kier alpha value is -2.16. The standard InChI is InChI=1S/C9H9N5O3S/c1-2-10-7-6(14(15)16)8(13-5-12-7)18-9-11-3-4-17-9/h3-5H,2H2,1H3,(H,10,12,13). The molecule has 18 heavy (non-hydrogen) atoms. The van der Waals surface area contributed by atoms with Gasteiger partial charge in [-0.25, -0.2) is 15.0 Å². The van der Waals surface area contributed by atoms with Crippen LogP contribution in [0.2, 0.25) is 0 Å². The summed E-state index contributed by atoms with van der Waals surface area (Å²) in [5.74, 6) is 0.187. The van der Waals surface area contributed by atoms with Gasteiger partial charge in [-0.2, -0.15) is 0 Å². The van der Waals surface area contributed by atoms with Crippen molar-refractivity contribution in [2.45, 2.75) is 17.2 Å². The summed E-state index contributed by atoms with van der Waals surface area (Å²) >= 11 is 0.979. The lowest BCUT2D eigenvalue weighted by molar-refractivity contribution is -0.387. The second-order valence-electron chi connectivity index (χ2n) is 3.06. The van der Waals surface area contributed by atoms with E-state index in [-0.39, 0.29) is 16.5 Å². The van der Waals surface area contributed by atoms with E-state index < -0.39 is 4.92 Å². The Balaban J connectivity index is 2.39. The molecule has 0 saturated carbocycles. The van der Waals surface area contributed by atoms with Gasteiger partial charge in [-0.05, 0) is 18.7 Å². The first-order valence-electron chi connectivity index (χ1n) is 5.03. The van der Waals surface area contributed by atoms with Crippen molar-refractivity contribution < 1.29 is 9.34 Å². The summed E-state index contributed by atoms with van der Waals surface area (Å²) in [7, 11) is 0. The minimum Gasteiger partial charge on any atom is -0.440 e. The molecule has 0 fully saturated rings. The molecule has 0 aliphatic carbocycles. The normalized spacial score (nSPS) is 10.3. The van der Waals surface area contributed by atoms with Gasteiger partial charge >= 0.3 is 5.69 Å². The van der Waals surface area contributed by atoms with Crippen molar-refractivity contribution in [2.75, 3.05) is 11.9 Å². The minimum atomic E-state index is -0.525.